The predicted octanol–water partition coefficient (Wildman–Crippen LogP) is 1.99. The summed E-state index contributed by atoms with van der Waals surface area (Å²) < 4.78 is 12.2. The Bertz CT molecular complexity index is 787. The van der Waals surface area contributed by atoms with E-state index in [1.165, 1.54) is 6.92 Å². The van der Waals surface area contributed by atoms with E-state index in [2.05, 4.69) is 0 Å². The molecule has 6 nitrogen and oxygen atoms in total. The van der Waals surface area contributed by atoms with Crippen molar-refractivity contribution in [1.29, 1.82) is 0 Å². The van der Waals surface area contributed by atoms with Crippen LogP contribution in [0.2, 0.25) is 0 Å². The van der Waals surface area contributed by atoms with Gasteiger partial charge in [-0.2, -0.15) is 0 Å². The van der Waals surface area contributed by atoms with Crippen LogP contribution in [-0.4, -0.2) is 28.4 Å². The molecule has 23 heavy (non-hydrogen) atoms. The van der Waals surface area contributed by atoms with E-state index in [9.17, 15) is 14.4 Å². The van der Waals surface area contributed by atoms with Crippen molar-refractivity contribution in [3.05, 3.63) is 30.5 Å². The van der Waals surface area contributed by atoms with Crippen LogP contribution in [0.3, 0.4) is 0 Å². The Balaban J connectivity index is 1.82. The van der Waals surface area contributed by atoms with Gasteiger partial charge >= 0.3 is 11.9 Å². The largest absolute Gasteiger partial charge is 0.461 e. The highest BCUT2D eigenvalue weighted by Crippen LogP contribution is 2.29. The van der Waals surface area contributed by atoms with Gasteiger partial charge in [-0.1, -0.05) is 12.1 Å². The molecule has 0 bridgehead atoms. The van der Waals surface area contributed by atoms with Crippen LogP contribution >= 0.6 is 0 Å². The van der Waals surface area contributed by atoms with Gasteiger partial charge in [0.1, 0.15) is 6.10 Å². The Hall–Kier alpha value is -2.63. The maximum atomic E-state index is 12.3. The number of benzene rings is 1. The summed E-state index contributed by atoms with van der Waals surface area (Å²) in [6, 6.07) is 7.39. The fourth-order valence-electron chi connectivity index (χ4n) is 2.40. The van der Waals surface area contributed by atoms with E-state index in [-0.39, 0.29) is 6.10 Å². The molecule has 0 aliphatic heterocycles. The topological polar surface area (TPSA) is 74.6 Å². The lowest BCUT2D eigenvalue weighted by Crippen LogP contribution is -2.35. The number of Topliss-reactive ketones (excluding diaryl/α,β-unsaturated/α-hetero) is 1. The van der Waals surface area contributed by atoms with Crippen LogP contribution in [0, 0.1) is 5.92 Å². The first-order valence-electron chi connectivity index (χ1n) is 7.44. The normalized spacial score (nSPS) is 15.2. The molecule has 0 saturated heterocycles. The number of aryl methyl sites for hydroxylation is 1. The number of hydrogen-bond acceptors (Lipinski definition) is 5. The molecule has 1 saturated carbocycles. The van der Waals surface area contributed by atoms with Gasteiger partial charge in [0.15, 0.2) is 11.5 Å². The lowest BCUT2D eigenvalue weighted by molar-refractivity contribution is -0.160. The molecule has 1 fully saturated rings. The number of carbonyl (C=O) groups is 3. The highest BCUT2D eigenvalue weighted by Gasteiger charge is 2.38. The van der Waals surface area contributed by atoms with Crippen molar-refractivity contribution in [3.8, 4) is 5.75 Å². The molecule has 1 aliphatic rings. The van der Waals surface area contributed by atoms with Crippen molar-refractivity contribution in [2.75, 3.05) is 0 Å². The summed E-state index contributed by atoms with van der Waals surface area (Å²) in [5, 5.41) is 0.737. The smallest absolute Gasteiger partial charge is 0.333 e. The number of hydrogen-bond donors (Lipinski definition) is 0. The first-order chi connectivity index (χ1) is 11.0. The molecule has 3 rings (SSSR count). The molecule has 1 atom stereocenters. The number of ether oxygens (including phenoxy) is 2. The zero-order valence-electron chi connectivity index (χ0n) is 12.9. The van der Waals surface area contributed by atoms with Gasteiger partial charge in [-0.25, -0.2) is 0 Å². The average molecular weight is 315 g/mol. The highest BCUT2D eigenvalue weighted by atomic mass is 16.6. The van der Waals surface area contributed by atoms with Gasteiger partial charge in [-0.3, -0.25) is 14.4 Å². The Kier molecular flexibility index (Phi) is 3.90. The van der Waals surface area contributed by atoms with Crippen LogP contribution in [0.5, 0.6) is 5.75 Å². The first kappa shape index (κ1) is 15.3. The van der Waals surface area contributed by atoms with E-state index >= 15 is 0 Å². The zero-order chi connectivity index (χ0) is 16.6. The maximum Gasteiger partial charge on any atom is 0.333 e. The highest BCUT2D eigenvalue weighted by molar-refractivity contribution is 6.15. The number of rotatable bonds is 5. The number of fused-ring (bicyclic) bond motifs is 1. The lowest BCUT2D eigenvalue weighted by Gasteiger charge is -2.12. The summed E-state index contributed by atoms with van der Waals surface area (Å²) in [6.07, 6.45) is 3.02. The number of ketones is 1. The van der Waals surface area contributed by atoms with E-state index in [1.54, 1.807) is 6.20 Å². The van der Waals surface area contributed by atoms with E-state index in [0.717, 1.165) is 23.7 Å². The number of para-hydroxylation sites is 1. The third-order valence-electron chi connectivity index (χ3n) is 3.76. The van der Waals surface area contributed by atoms with E-state index in [1.807, 2.05) is 35.9 Å². The lowest BCUT2D eigenvalue weighted by atomic mass is 10.1. The number of carbonyl (C=O) groups excluding carboxylic acids is 3. The number of aromatic nitrogens is 1. The van der Waals surface area contributed by atoms with Gasteiger partial charge in [0.05, 0.1) is 5.52 Å². The summed E-state index contributed by atoms with van der Waals surface area (Å²) in [7, 11) is 1.82. The van der Waals surface area contributed by atoms with Crippen molar-refractivity contribution in [2.45, 2.75) is 25.9 Å². The SMILES string of the molecule is CC(=O)C(C(=O)Oc1cn(C)c2ccccc12)C(=O)OC1CC1. The van der Waals surface area contributed by atoms with Crippen LogP contribution in [0.15, 0.2) is 30.5 Å². The standard InChI is InChI=1S/C17H17NO5/c1-10(19)15(16(20)22-11-7-8-11)17(21)23-14-9-18(2)13-6-4-3-5-12(13)14/h3-6,9,11,15H,7-8H2,1-2H3. The van der Waals surface area contributed by atoms with Crippen LogP contribution in [0.25, 0.3) is 10.9 Å². The molecule has 0 N–H and O–H groups in total. The molecule has 1 unspecified atom stereocenters. The summed E-state index contributed by atoms with van der Waals surface area (Å²) in [5.74, 6) is -3.53. The second-order valence-corrected chi connectivity index (χ2v) is 5.72. The minimum Gasteiger partial charge on any atom is -0.461 e. The molecule has 2 aromatic rings. The third kappa shape index (κ3) is 3.11. The van der Waals surface area contributed by atoms with Crippen molar-refractivity contribution < 1.29 is 23.9 Å². The van der Waals surface area contributed by atoms with Crippen molar-refractivity contribution in [1.82, 2.24) is 4.57 Å². The van der Waals surface area contributed by atoms with Crippen LogP contribution in [0.1, 0.15) is 19.8 Å². The molecule has 0 radical (unpaired) electrons. The van der Waals surface area contributed by atoms with Crippen molar-refractivity contribution >= 4 is 28.6 Å². The van der Waals surface area contributed by atoms with Gasteiger partial charge < -0.3 is 14.0 Å². The molecule has 1 heterocycles. The predicted molar refractivity (Wildman–Crippen MR) is 81.8 cm³/mol. The quantitative estimate of drug-likeness (QED) is 0.623. The monoisotopic (exact) mass is 315 g/mol. The molecular weight excluding hydrogens is 298 g/mol. The maximum absolute atomic E-state index is 12.3. The van der Waals surface area contributed by atoms with Gasteiger partial charge in [-0.05, 0) is 31.9 Å². The van der Waals surface area contributed by atoms with Crippen LogP contribution in [-0.2, 0) is 26.2 Å². The summed E-state index contributed by atoms with van der Waals surface area (Å²) in [4.78, 5) is 36.0. The summed E-state index contributed by atoms with van der Waals surface area (Å²) in [5.41, 5.74) is 0.884. The molecule has 120 valence electrons. The minimum absolute atomic E-state index is 0.172. The first-order valence-corrected chi connectivity index (χ1v) is 7.44. The van der Waals surface area contributed by atoms with E-state index in [0.29, 0.717) is 5.75 Å². The zero-order valence-corrected chi connectivity index (χ0v) is 12.9. The summed E-state index contributed by atoms with van der Waals surface area (Å²) in [6.45, 7) is 1.18. The molecule has 0 amide bonds. The third-order valence-corrected chi connectivity index (χ3v) is 3.76. The molecule has 1 aromatic heterocycles. The van der Waals surface area contributed by atoms with Crippen molar-refractivity contribution in [3.63, 3.8) is 0 Å². The Labute approximate surface area is 133 Å². The fraction of sp³-hybridized carbons (Fsp3) is 0.353. The van der Waals surface area contributed by atoms with Gasteiger partial charge in [-0.15, -0.1) is 0 Å². The molecule has 0 spiro atoms. The van der Waals surface area contributed by atoms with Gasteiger partial charge in [0, 0.05) is 18.6 Å². The van der Waals surface area contributed by atoms with E-state index in [4.69, 9.17) is 9.47 Å². The second kappa shape index (κ2) is 5.87. The van der Waals surface area contributed by atoms with Crippen molar-refractivity contribution in [2.24, 2.45) is 13.0 Å². The Morgan fingerprint density at radius 1 is 1.17 bits per heavy atom. The average Bonchev–Trinajstić information content (AvgIpc) is 3.24. The van der Waals surface area contributed by atoms with E-state index < -0.39 is 23.6 Å². The second-order valence-electron chi connectivity index (χ2n) is 5.72. The number of esters is 2. The van der Waals surface area contributed by atoms with Crippen LogP contribution < -0.4 is 4.74 Å². The minimum atomic E-state index is -1.53. The fourth-order valence-corrected chi connectivity index (χ4v) is 2.40. The van der Waals surface area contributed by atoms with Crippen LogP contribution in [0.4, 0.5) is 0 Å². The molecule has 1 aromatic carbocycles. The molecular formula is C17H17NO5. The molecule has 6 heteroatoms. The van der Waals surface area contributed by atoms with Gasteiger partial charge in [0.25, 0.3) is 0 Å². The summed E-state index contributed by atoms with van der Waals surface area (Å²) >= 11 is 0. The Morgan fingerprint density at radius 3 is 2.52 bits per heavy atom. The Morgan fingerprint density at radius 2 is 1.87 bits per heavy atom. The van der Waals surface area contributed by atoms with Gasteiger partial charge in [0.2, 0.25) is 5.92 Å². The number of nitrogens with zero attached hydrogens (tertiary/aromatic N) is 1. The molecule has 1 aliphatic carbocycles.